The summed E-state index contributed by atoms with van der Waals surface area (Å²) in [4.78, 5) is 12.4. The van der Waals surface area contributed by atoms with Gasteiger partial charge in [0.25, 0.3) is 5.91 Å². The van der Waals surface area contributed by atoms with Gasteiger partial charge in [0.2, 0.25) is 0 Å². The lowest BCUT2D eigenvalue weighted by Gasteiger charge is -2.20. The Bertz CT molecular complexity index is 905. The molecule has 0 atom stereocenters. The van der Waals surface area contributed by atoms with Crippen molar-refractivity contribution in [1.82, 2.24) is 5.01 Å². The minimum Gasteiger partial charge on any atom is -0.296 e. The molecule has 1 N–H and O–H groups in total. The molecule has 0 unspecified atom stereocenters. The highest BCUT2D eigenvalue weighted by Gasteiger charge is 2.30. The number of nitrogens with zero attached hydrogens (tertiary/aromatic N) is 1. The Balaban J connectivity index is 1.67. The fourth-order valence-electron chi connectivity index (χ4n) is 2.61. The number of hydrogen-bond donors (Lipinski definition) is 1. The summed E-state index contributed by atoms with van der Waals surface area (Å²) in [5.41, 5.74) is 5.12. The Hall–Kier alpha value is -3.28. The van der Waals surface area contributed by atoms with Gasteiger partial charge in [0.05, 0.1) is 11.3 Å². The molecule has 3 nitrogen and oxygen atoms in total. The maximum absolute atomic E-state index is 12.6. The molecule has 138 valence electrons. The Morgan fingerprint density at radius 3 is 1.93 bits per heavy atom. The summed E-state index contributed by atoms with van der Waals surface area (Å²) in [6, 6.07) is 21.5. The molecule has 0 saturated heterocycles. The number of alkyl halides is 3. The molecule has 0 aliphatic heterocycles. The zero-order chi connectivity index (χ0) is 19.4. The van der Waals surface area contributed by atoms with Gasteiger partial charge in [0, 0.05) is 12.6 Å². The van der Waals surface area contributed by atoms with Gasteiger partial charge in [0.1, 0.15) is 0 Å². The summed E-state index contributed by atoms with van der Waals surface area (Å²) >= 11 is 0. The molecule has 3 rings (SSSR count). The molecule has 3 aromatic rings. The Morgan fingerprint density at radius 1 is 0.815 bits per heavy atom. The van der Waals surface area contributed by atoms with Gasteiger partial charge < -0.3 is 0 Å². The molecule has 1 amide bonds. The van der Waals surface area contributed by atoms with Gasteiger partial charge in [-0.3, -0.25) is 15.2 Å². The molecule has 0 aliphatic rings. The van der Waals surface area contributed by atoms with Crippen molar-refractivity contribution in [2.24, 2.45) is 0 Å². The Morgan fingerprint density at radius 2 is 1.37 bits per heavy atom. The van der Waals surface area contributed by atoms with E-state index in [1.807, 2.05) is 54.6 Å². The van der Waals surface area contributed by atoms with E-state index >= 15 is 0 Å². The molecule has 0 aliphatic carbocycles. The molecule has 0 spiro atoms. The summed E-state index contributed by atoms with van der Waals surface area (Å²) in [5, 5.41) is 1.24. The number of carbonyl (C=O) groups excluding carboxylic acids is 1. The van der Waals surface area contributed by atoms with E-state index in [2.05, 4.69) is 5.43 Å². The molecule has 6 heteroatoms. The van der Waals surface area contributed by atoms with Gasteiger partial charge in [0.15, 0.2) is 0 Å². The number of carbonyl (C=O) groups is 1. The third-order valence-corrected chi connectivity index (χ3v) is 4.05. The number of hydrogen-bond acceptors (Lipinski definition) is 2. The number of halogens is 3. The van der Waals surface area contributed by atoms with Crippen LogP contribution in [-0.2, 0) is 6.18 Å². The van der Waals surface area contributed by atoms with E-state index < -0.39 is 17.6 Å². The topological polar surface area (TPSA) is 32.3 Å². The van der Waals surface area contributed by atoms with Crippen molar-refractivity contribution in [2.45, 2.75) is 6.18 Å². The van der Waals surface area contributed by atoms with Crippen molar-refractivity contribution in [2.75, 3.05) is 12.5 Å². The normalized spacial score (nSPS) is 11.1. The number of amides is 1. The van der Waals surface area contributed by atoms with Crippen LogP contribution in [0.3, 0.4) is 0 Å². The van der Waals surface area contributed by atoms with Crippen LogP contribution < -0.4 is 5.43 Å². The monoisotopic (exact) mass is 370 g/mol. The lowest BCUT2D eigenvalue weighted by molar-refractivity contribution is -0.137. The van der Waals surface area contributed by atoms with Crippen LogP contribution in [0.2, 0.25) is 0 Å². The lowest BCUT2D eigenvalue weighted by atomic mass is 10.1. The number of anilines is 1. The number of nitrogens with one attached hydrogen (secondary N) is 1. The van der Waals surface area contributed by atoms with Gasteiger partial charge in [-0.15, -0.1) is 0 Å². The molecule has 0 aromatic heterocycles. The summed E-state index contributed by atoms with van der Waals surface area (Å²) in [5.74, 6) is -0.434. The molecule has 0 saturated carbocycles. The van der Waals surface area contributed by atoms with E-state index in [4.69, 9.17) is 0 Å². The first kappa shape index (κ1) is 18.5. The molecule has 0 bridgehead atoms. The molecule has 0 heterocycles. The zero-order valence-electron chi connectivity index (χ0n) is 14.5. The van der Waals surface area contributed by atoms with Crippen LogP contribution >= 0.6 is 0 Å². The summed E-state index contributed by atoms with van der Waals surface area (Å²) in [7, 11) is 1.52. The van der Waals surface area contributed by atoms with Crippen LogP contribution in [0, 0.1) is 0 Å². The van der Waals surface area contributed by atoms with E-state index in [1.165, 1.54) is 24.2 Å². The number of hydrazine groups is 1. The second-order valence-corrected chi connectivity index (χ2v) is 5.99. The highest BCUT2D eigenvalue weighted by atomic mass is 19.4. The molecular weight excluding hydrogens is 353 g/mol. The Kier molecular flexibility index (Phi) is 5.16. The van der Waals surface area contributed by atoms with Crippen molar-refractivity contribution in [3.05, 3.63) is 90.0 Å². The average Bonchev–Trinajstić information content (AvgIpc) is 2.68. The summed E-state index contributed by atoms with van der Waals surface area (Å²) < 4.78 is 37.8. The first-order chi connectivity index (χ1) is 12.8. The highest BCUT2D eigenvalue weighted by molar-refractivity contribution is 5.94. The molecule has 27 heavy (non-hydrogen) atoms. The van der Waals surface area contributed by atoms with Crippen LogP contribution in [0.4, 0.5) is 18.9 Å². The maximum Gasteiger partial charge on any atom is 0.416 e. The van der Waals surface area contributed by atoms with E-state index in [9.17, 15) is 18.0 Å². The minimum absolute atomic E-state index is 0.166. The van der Waals surface area contributed by atoms with Crippen molar-refractivity contribution in [1.29, 1.82) is 0 Å². The van der Waals surface area contributed by atoms with Gasteiger partial charge in [-0.2, -0.15) is 13.2 Å². The Labute approximate surface area is 155 Å². The molecular formula is C21H17F3N2O. The van der Waals surface area contributed by atoms with E-state index in [1.54, 1.807) is 0 Å². The highest BCUT2D eigenvalue weighted by Crippen LogP contribution is 2.29. The minimum atomic E-state index is -4.42. The van der Waals surface area contributed by atoms with Crippen LogP contribution in [0.15, 0.2) is 78.9 Å². The average molecular weight is 370 g/mol. The standard InChI is InChI=1S/C21H17F3N2O/c1-26(20(27)17-7-11-18(12-8-17)21(22,23)24)25-19-13-9-16(10-14-19)15-5-3-2-4-6-15/h2-14,25H,1H3. The molecule has 0 radical (unpaired) electrons. The van der Waals surface area contributed by atoms with Crippen molar-refractivity contribution in [3.63, 3.8) is 0 Å². The van der Waals surface area contributed by atoms with Crippen LogP contribution in [0.1, 0.15) is 15.9 Å². The zero-order valence-corrected chi connectivity index (χ0v) is 14.5. The third kappa shape index (κ3) is 4.47. The predicted molar refractivity (Wildman–Crippen MR) is 99.0 cm³/mol. The second kappa shape index (κ2) is 7.53. The first-order valence-corrected chi connectivity index (χ1v) is 8.22. The van der Waals surface area contributed by atoms with E-state index in [0.717, 1.165) is 23.3 Å². The van der Waals surface area contributed by atoms with Crippen molar-refractivity contribution in [3.8, 4) is 11.1 Å². The van der Waals surface area contributed by atoms with Gasteiger partial charge in [-0.05, 0) is 47.5 Å². The number of rotatable bonds is 4. The van der Waals surface area contributed by atoms with Gasteiger partial charge in [-0.25, -0.2) is 0 Å². The smallest absolute Gasteiger partial charge is 0.296 e. The SMILES string of the molecule is CN(Nc1ccc(-c2ccccc2)cc1)C(=O)c1ccc(C(F)(F)F)cc1. The fourth-order valence-corrected chi connectivity index (χ4v) is 2.61. The van der Waals surface area contributed by atoms with Crippen LogP contribution in [0.25, 0.3) is 11.1 Å². The maximum atomic E-state index is 12.6. The van der Waals surface area contributed by atoms with Crippen molar-refractivity contribution >= 4 is 11.6 Å². The summed E-state index contributed by atoms with van der Waals surface area (Å²) in [6.45, 7) is 0. The number of benzene rings is 3. The quantitative estimate of drug-likeness (QED) is 0.618. The lowest BCUT2D eigenvalue weighted by Crippen LogP contribution is -2.32. The van der Waals surface area contributed by atoms with Gasteiger partial charge in [-0.1, -0.05) is 42.5 Å². The second-order valence-electron chi connectivity index (χ2n) is 5.99. The summed E-state index contributed by atoms with van der Waals surface area (Å²) in [6.07, 6.45) is -4.42. The first-order valence-electron chi connectivity index (χ1n) is 8.22. The third-order valence-electron chi connectivity index (χ3n) is 4.05. The van der Waals surface area contributed by atoms with E-state index in [-0.39, 0.29) is 5.56 Å². The predicted octanol–water partition coefficient (Wildman–Crippen LogP) is 5.47. The van der Waals surface area contributed by atoms with Gasteiger partial charge >= 0.3 is 6.18 Å². The fraction of sp³-hybridized carbons (Fsp3) is 0.0952. The molecule has 0 fully saturated rings. The van der Waals surface area contributed by atoms with Crippen molar-refractivity contribution < 1.29 is 18.0 Å². The van der Waals surface area contributed by atoms with Crippen LogP contribution in [-0.4, -0.2) is 18.0 Å². The largest absolute Gasteiger partial charge is 0.416 e. The van der Waals surface area contributed by atoms with E-state index in [0.29, 0.717) is 5.69 Å². The van der Waals surface area contributed by atoms with Crippen LogP contribution in [0.5, 0.6) is 0 Å². The molecule has 3 aromatic carbocycles.